The Bertz CT molecular complexity index is 946. The van der Waals surface area contributed by atoms with Gasteiger partial charge in [0.2, 0.25) is 5.91 Å². The molecule has 5 nitrogen and oxygen atoms in total. The number of amides is 1. The second-order valence-corrected chi connectivity index (χ2v) is 8.60. The number of piperidine rings is 1. The van der Waals surface area contributed by atoms with Crippen molar-refractivity contribution >= 4 is 27.5 Å². The molecule has 2 heterocycles. The third kappa shape index (κ3) is 4.43. The fourth-order valence-corrected chi connectivity index (χ4v) is 5.08. The lowest BCUT2D eigenvalue weighted by molar-refractivity contribution is -0.126. The van der Waals surface area contributed by atoms with Gasteiger partial charge in [-0.05, 0) is 51.1 Å². The first kappa shape index (κ1) is 19.9. The first-order chi connectivity index (χ1) is 14.2. The number of benzene rings is 2. The summed E-state index contributed by atoms with van der Waals surface area (Å²) in [6.07, 6.45) is 2.09. The molecular formula is C23H27N3O2S. The molecule has 1 aliphatic heterocycles. The second-order valence-electron chi connectivity index (χ2n) is 7.54. The number of likely N-dealkylation sites (tertiary alicyclic amines) is 1. The number of aromatic nitrogens is 1. The molecule has 1 saturated heterocycles. The summed E-state index contributed by atoms with van der Waals surface area (Å²) < 4.78 is 6.62. The molecule has 0 radical (unpaired) electrons. The number of ether oxygens (including phenoxy) is 1. The summed E-state index contributed by atoms with van der Waals surface area (Å²) in [7, 11) is 1.65. The second kappa shape index (κ2) is 8.93. The topological polar surface area (TPSA) is 54.5 Å². The van der Waals surface area contributed by atoms with Crippen molar-refractivity contribution in [3.8, 4) is 5.75 Å². The van der Waals surface area contributed by atoms with Gasteiger partial charge in [0.05, 0.1) is 28.4 Å². The van der Waals surface area contributed by atoms with Crippen LogP contribution < -0.4 is 10.1 Å². The van der Waals surface area contributed by atoms with Crippen LogP contribution in [0.4, 0.5) is 0 Å². The summed E-state index contributed by atoms with van der Waals surface area (Å²) in [6, 6.07) is 16.0. The first-order valence-electron chi connectivity index (χ1n) is 10.1. The van der Waals surface area contributed by atoms with Gasteiger partial charge in [-0.1, -0.05) is 30.3 Å². The van der Waals surface area contributed by atoms with Crippen molar-refractivity contribution in [1.29, 1.82) is 0 Å². The van der Waals surface area contributed by atoms with Gasteiger partial charge in [-0.25, -0.2) is 4.98 Å². The standard InChI is InChI=1S/C23H27N3O2S/c1-16(22(27)24-15-18-7-3-5-9-20(18)28-2)26-13-11-17(12-14-26)23-25-19-8-4-6-10-21(19)29-23/h3-10,16-17H,11-15H2,1-2H3,(H,24,27)/t16-/m1/s1. The molecule has 3 aromatic rings. The van der Waals surface area contributed by atoms with E-state index in [0.717, 1.165) is 42.8 Å². The van der Waals surface area contributed by atoms with E-state index in [0.29, 0.717) is 12.5 Å². The van der Waals surface area contributed by atoms with Gasteiger partial charge < -0.3 is 10.1 Å². The smallest absolute Gasteiger partial charge is 0.237 e. The van der Waals surface area contributed by atoms with E-state index in [-0.39, 0.29) is 11.9 Å². The molecule has 1 aromatic heterocycles. The lowest BCUT2D eigenvalue weighted by atomic mass is 9.96. The number of hydrogen-bond donors (Lipinski definition) is 1. The Kier molecular flexibility index (Phi) is 6.11. The molecular weight excluding hydrogens is 382 g/mol. The van der Waals surface area contributed by atoms with E-state index in [1.807, 2.05) is 48.6 Å². The number of hydrogen-bond acceptors (Lipinski definition) is 5. The van der Waals surface area contributed by atoms with Crippen LogP contribution in [-0.4, -0.2) is 42.0 Å². The molecule has 1 atom stereocenters. The minimum Gasteiger partial charge on any atom is -0.496 e. The average Bonchev–Trinajstić information content (AvgIpc) is 3.21. The zero-order valence-corrected chi connectivity index (χ0v) is 17.7. The monoisotopic (exact) mass is 409 g/mol. The van der Waals surface area contributed by atoms with Gasteiger partial charge >= 0.3 is 0 Å². The number of carbonyl (C=O) groups excluding carboxylic acids is 1. The lowest BCUT2D eigenvalue weighted by Gasteiger charge is -2.34. The normalized spacial score (nSPS) is 16.6. The lowest BCUT2D eigenvalue weighted by Crippen LogP contribution is -2.47. The molecule has 0 unspecified atom stereocenters. The molecule has 1 N–H and O–H groups in total. The first-order valence-corrected chi connectivity index (χ1v) is 11.0. The van der Waals surface area contributed by atoms with E-state index >= 15 is 0 Å². The van der Waals surface area contributed by atoms with E-state index in [2.05, 4.69) is 28.4 Å². The van der Waals surface area contributed by atoms with E-state index < -0.39 is 0 Å². The Hall–Kier alpha value is -2.44. The summed E-state index contributed by atoms with van der Waals surface area (Å²) >= 11 is 1.81. The van der Waals surface area contributed by atoms with Gasteiger partial charge in [-0.15, -0.1) is 11.3 Å². The van der Waals surface area contributed by atoms with Crippen LogP contribution in [0.5, 0.6) is 5.75 Å². The van der Waals surface area contributed by atoms with Crippen LogP contribution in [0, 0.1) is 0 Å². The van der Waals surface area contributed by atoms with Gasteiger partial charge in [0, 0.05) is 18.0 Å². The predicted molar refractivity (Wildman–Crippen MR) is 117 cm³/mol. The van der Waals surface area contributed by atoms with E-state index in [4.69, 9.17) is 9.72 Å². The number of para-hydroxylation sites is 2. The van der Waals surface area contributed by atoms with Crippen molar-refractivity contribution in [3.63, 3.8) is 0 Å². The van der Waals surface area contributed by atoms with Gasteiger partial charge in [-0.2, -0.15) is 0 Å². The van der Waals surface area contributed by atoms with Crippen molar-refractivity contribution in [1.82, 2.24) is 15.2 Å². The Balaban J connectivity index is 1.31. The summed E-state index contributed by atoms with van der Waals surface area (Å²) in [6.45, 7) is 4.32. The van der Waals surface area contributed by atoms with E-state index in [1.165, 1.54) is 9.71 Å². The average molecular weight is 410 g/mol. The third-order valence-corrected chi connectivity index (χ3v) is 6.96. The molecule has 29 heavy (non-hydrogen) atoms. The van der Waals surface area contributed by atoms with Gasteiger partial charge in [-0.3, -0.25) is 9.69 Å². The van der Waals surface area contributed by atoms with Crippen molar-refractivity contribution < 1.29 is 9.53 Å². The largest absolute Gasteiger partial charge is 0.496 e. The fourth-order valence-electron chi connectivity index (χ4n) is 3.94. The number of nitrogens with one attached hydrogen (secondary N) is 1. The number of methoxy groups -OCH3 is 1. The van der Waals surface area contributed by atoms with Crippen LogP contribution in [0.3, 0.4) is 0 Å². The molecule has 152 valence electrons. The molecule has 1 fully saturated rings. The molecule has 0 saturated carbocycles. The van der Waals surface area contributed by atoms with Crippen LogP contribution in [0.2, 0.25) is 0 Å². The zero-order valence-electron chi connectivity index (χ0n) is 16.9. The number of nitrogens with zero attached hydrogens (tertiary/aromatic N) is 2. The summed E-state index contributed by atoms with van der Waals surface area (Å²) in [5.74, 6) is 1.36. The van der Waals surface area contributed by atoms with Crippen molar-refractivity contribution in [3.05, 3.63) is 59.1 Å². The van der Waals surface area contributed by atoms with Crippen molar-refractivity contribution in [2.24, 2.45) is 0 Å². The molecule has 0 aliphatic carbocycles. The number of carbonyl (C=O) groups is 1. The Labute approximate surface area is 175 Å². The Morgan fingerprint density at radius 2 is 1.93 bits per heavy atom. The number of rotatable bonds is 6. The highest BCUT2D eigenvalue weighted by molar-refractivity contribution is 7.18. The minimum atomic E-state index is -0.138. The minimum absolute atomic E-state index is 0.0642. The maximum atomic E-state index is 12.7. The molecule has 1 amide bonds. The summed E-state index contributed by atoms with van der Waals surface area (Å²) in [5, 5.41) is 4.30. The highest BCUT2D eigenvalue weighted by Crippen LogP contribution is 2.34. The maximum Gasteiger partial charge on any atom is 0.237 e. The van der Waals surface area contributed by atoms with Gasteiger partial charge in [0.15, 0.2) is 0 Å². The summed E-state index contributed by atoms with van der Waals surface area (Å²) in [5.41, 5.74) is 2.09. The van der Waals surface area contributed by atoms with Crippen LogP contribution >= 0.6 is 11.3 Å². The fraction of sp³-hybridized carbons (Fsp3) is 0.391. The molecule has 6 heteroatoms. The Morgan fingerprint density at radius 3 is 2.69 bits per heavy atom. The van der Waals surface area contributed by atoms with Crippen LogP contribution in [0.25, 0.3) is 10.2 Å². The molecule has 0 bridgehead atoms. The highest BCUT2D eigenvalue weighted by atomic mass is 32.1. The zero-order chi connectivity index (χ0) is 20.2. The number of fused-ring (bicyclic) bond motifs is 1. The predicted octanol–water partition coefficient (Wildman–Crippen LogP) is 4.19. The van der Waals surface area contributed by atoms with Crippen LogP contribution in [-0.2, 0) is 11.3 Å². The quantitative estimate of drug-likeness (QED) is 0.663. The molecule has 2 aromatic carbocycles. The van der Waals surface area contributed by atoms with Gasteiger partial charge in [0.25, 0.3) is 0 Å². The molecule has 4 rings (SSSR count). The van der Waals surface area contributed by atoms with Gasteiger partial charge in [0.1, 0.15) is 5.75 Å². The molecule has 0 spiro atoms. The van der Waals surface area contributed by atoms with E-state index in [1.54, 1.807) is 7.11 Å². The Morgan fingerprint density at radius 1 is 1.21 bits per heavy atom. The van der Waals surface area contributed by atoms with E-state index in [9.17, 15) is 4.79 Å². The van der Waals surface area contributed by atoms with Crippen molar-refractivity contribution in [2.75, 3.05) is 20.2 Å². The van der Waals surface area contributed by atoms with Crippen molar-refractivity contribution in [2.45, 2.75) is 38.3 Å². The summed E-state index contributed by atoms with van der Waals surface area (Å²) in [4.78, 5) is 19.8. The SMILES string of the molecule is COc1ccccc1CNC(=O)[C@@H](C)N1CCC(c2nc3ccccc3s2)CC1. The maximum absolute atomic E-state index is 12.7. The highest BCUT2D eigenvalue weighted by Gasteiger charge is 2.28. The molecule has 1 aliphatic rings. The van der Waals surface area contributed by atoms with Crippen LogP contribution in [0.15, 0.2) is 48.5 Å². The number of thiazole rings is 1. The van der Waals surface area contributed by atoms with Crippen LogP contribution in [0.1, 0.15) is 36.3 Å². The third-order valence-electron chi connectivity index (χ3n) is 5.76.